The molecule has 0 spiro atoms. The van der Waals surface area contributed by atoms with Crippen LogP contribution in [0.15, 0.2) is 71.9 Å². The number of thioether (sulfide) groups is 1. The van der Waals surface area contributed by atoms with Crippen LogP contribution in [0.4, 0.5) is 14.5 Å². The first-order chi connectivity index (χ1) is 16.1. The molecule has 166 valence electrons. The van der Waals surface area contributed by atoms with Crippen molar-refractivity contribution in [1.29, 1.82) is 0 Å². The average Bonchev–Trinajstić information content (AvgIpc) is 3.47. The van der Waals surface area contributed by atoms with Gasteiger partial charge in [-0.15, -0.1) is 10.2 Å². The molecule has 10 heteroatoms. The Balaban J connectivity index is 1.40. The molecule has 0 atom stereocenters. The minimum Gasteiger partial charge on any atom is -0.454 e. The molecule has 1 aromatic heterocycles. The highest BCUT2D eigenvalue weighted by molar-refractivity contribution is 7.99. The van der Waals surface area contributed by atoms with Gasteiger partial charge in [0.2, 0.25) is 12.7 Å². The number of fused-ring (bicyclic) bond motifs is 1. The highest BCUT2D eigenvalue weighted by Gasteiger charge is 2.20. The fourth-order valence-electron chi connectivity index (χ4n) is 3.30. The summed E-state index contributed by atoms with van der Waals surface area (Å²) >= 11 is 1.17. The first-order valence-corrected chi connectivity index (χ1v) is 10.9. The summed E-state index contributed by atoms with van der Waals surface area (Å²) in [6.07, 6.45) is 0. The standard InChI is InChI=1S/C23H16F2N4O3S/c24-17-8-7-15(11-18(17)25)26-21(30)12-33-23-28-27-22(29(23)16-4-2-1-3-5-16)14-6-9-19-20(10-14)32-13-31-19/h1-11H,12-13H2,(H,26,30). The first-order valence-electron chi connectivity index (χ1n) is 9.87. The largest absolute Gasteiger partial charge is 0.454 e. The van der Waals surface area contributed by atoms with Crippen LogP contribution in [0, 0.1) is 11.6 Å². The number of hydrogen-bond acceptors (Lipinski definition) is 6. The number of nitrogens with one attached hydrogen (secondary N) is 1. The van der Waals surface area contributed by atoms with Gasteiger partial charge in [-0.3, -0.25) is 9.36 Å². The van der Waals surface area contributed by atoms with Crippen molar-refractivity contribution >= 4 is 23.4 Å². The Bertz CT molecular complexity index is 1330. The monoisotopic (exact) mass is 466 g/mol. The van der Waals surface area contributed by atoms with Crippen LogP contribution < -0.4 is 14.8 Å². The highest BCUT2D eigenvalue weighted by Crippen LogP contribution is 2.37. The van der Waals surface area contributed by atoms with Crippen LogP contribution in [0.3, 0.4) is 0 Å². The quantitative estimate of drug-likeness (QED) is 0.416. The smallest absolute Gasteiger partial charge is 0.234 e. The lowest BCUT2D eigenvalue weighted by Crippen LogP contribution is -2.14. The maximum atomic E-state index is 13.4. The molecule has 2 heterocycles. The maximum absolute atomic E-state index is 13.4. The van der Waals surface area contributed by atoms with Crippen LogP contribution >= 0.6 is 11.8 Å². The van der Waals surface area contributed by atoms with Crippen molar-refractivity contribution in [1.82, 2.24) is 14.8 Å². The molecule has 1 aliphatic rings. The number of halogens is 2. The summed E-state index contributed by atoms with van der Waals surface area (Å²) in [5.41, 5.74) is 1.76. The second kappa shape index (κ2) is 8.91. The summed E-state index contributed by atoms with van der Waals surface area (Å²) in [6, 6.07) is 18.2. The zero-order valence-corrected chi connectivity index (χ0v) is 17.8. The van der Waals surface area contributed by atoms with Gasteiger partial charge in [0.15, 0.2) is 34.1 Å². The summed E-state index contributed by atoms with van der Waals surface area (Å²) in [7, 11) is 0. The lowest BCUT2D eigenvalue weighted by atomic mass is 10.2. The molecule has 0 radical (unpaired) electrons. The minimum atomic E-state index is -1.03. The number of hydrogen-bond donors (Lipinski definition) is 1. The number of para-hydroxylation sites is 1. The Morgan fingerprint density at radius 3 is 2.61 bits per heavy atom. The van der Waals surface area contributed by atoms with E-state index >= 15 is 0 Å². The van der Waals surface area contributed by atoms with E-state index in [1.54, 1.807) is 0 Å². The average molecular weight is 466 g/mol. The van der Waals surface area contributed by atoms with Crippen molar-refractivity contribution in [3.8, 4) is 28.6 Å². The van der Waals surface area contributed by atoms with E-state index < -0.39 is 17.5 Å². The van der Waals surface area contributed by atoms with Gasteiger partial charge in [0.1, 0.15) is 0 Å². The molecule has 0 saturated carbocycles. The van der Waals surface area contributed by atoms with Gasteiger partial charge in [-0.1, -0.05) is 30.0 Å². The summed E-state index contributed by atoms with van der Waals surface area (Å²) < 4.78 is 39.2. The van der Waals surface area contributed by atoms with E-state index in [1.807, 2.05) is 53.1 Å². The van der Waals surface area contributed by atoms with Crippen LogP contribution in [0.5, 0.6) is 11.5 Å². The van der Waals surface area contributed by atoms with E-state index in [4.69, 9.17) is 9.47 Å². The summed E-state index contributed by atoms with van der Waals surface area (Å²) in [6.45, 7) is 0.165. The van der Waals surface area contributed by atoms with Crippen LogP contribution in [-0.2, 0) is 4.79 Å². The van der Waals surface area contributed by atoms with Crippen LogP contribution in [0.25, 0.3) is 17.1 Å². The van der Waals surface area contributed by atoms with Crippen molar-refractivity contribution in [3.63, 3.8) is 0 Å². The number of amides is 1. The maximum Gasteiger partial charge on any atom is 0.234 e. The number of anilines is 1. The topological polar surface area (TPSA) is 78.3 Å². The Morgan fingerprint density at radius 2 is 1.79 bits per heavy atom. The lowest BCUT2D eigenvalue weighted by molar-refractivity contribution is -0.113. The van der Waals surface area contributed by atoms with Gasteiger partial charge in [-0.2, -0.15) is 0 Å². The third-order valence-electron chi connectivity index (χ3n) is 4.81. The molecule has 0 aliphatic carbocycles. The molecule has 4 aromatic rings. The molecule has 1 aliphatic heterocycles. The van der Waals surface area contributed by atoms with Crippen LogP contribution in [-0.4, -0.2) is 33.2 Å². The van der Waals surface area contributed by atoms with E-state index in [-0.39, 0.29) is 18.2 Å². The number of carbonyl (C=O) groups is 1. The van der Waals surface area contributed by atoms with Crippen molar-refractivity contribution in [2.75, 3.05) is 17.9 Å². The van der Waals surface area contributed by atoms with Crippen molar-refractivity contribution in [2.24, 2.45) is 0 Å². The van der Waals surface area contributed by atoms with E-state index in [0.717, 1.165) is 23.4 Å². The summed E-state index contributed by atoms with van der Waals surface area (Å²) in [5.74, 6) is -0.554. The number of carbonyl (C=O) groups excluding carboxylic acids is 1. The van der Waals surface area contributed by atoms with Crippen molar-refractivity contribution in [2.45, 2.75) is 5.16 Å². The molecule has 1 N–H and O–H groups in total. The van der Waals surface area contributed by atoms with E-state index in [2.05, 4.69) is 15.5 Å². The molecule has 5 rings (SSSR count). The summed E-state index contributed by atoms with van der Waals surface area (Å²) in [5, 5.41) is 11.7. The van der Waals surface area contributed by atoms with E-state index in [9.17, 15) is 13.6 Å². The number of rotatable bonds is 6. The van der Waals surface area contributed by atoms with E-state index in [0.29, 0.717) is 22.5 Å². The molecule has 3 aromatic carbocycles. The van der Waals surface area contributed by atoms with Gasteiger partial charge in [0, 0.05) is 23.0 Å². The van der Waals surface area contributed by atoms with Crippen molar-refractivity contribution < 1.29 is 23.0 Å². The third-order valence-corrected chi connectivity index (χ3v) is 5.74. The molecule has 0 unspecified atom stereocenters. The summed E-state index contributed by atoms with van der Waals surface area (Å²) in [4.78, 5) is 12.4. The fourth-order valence-corrected chi connectivity index (χ4v) is 4.05. The molecule has 33 heavy (non-hydrogen) atoms. The van der Waals surface area contributed by atoms with Gasteiger partial charge >= 0.3 is 0 Å². The van der Waals surface area contributed by atoms with Crippen molar-refractivity contribution in [3.05, 3.63) is 78.4 Å². The normalized spacial score (nSPS) is 12.1. The molecule has 0 bridgehead atoms. The molecule has 7 nitrogen and oxygen atoms in total. The Morgan fingerprint density at radius 1 is 0.970 bits per heavy atom. The molecular weight excluding hydrogens is 450 g/mol. The van der Waals surface area contributed by atoms with Gasteiger partial charge in [0.25, 0.3) is 0 Å². The fraction of sp³-hybridized carbons (Fsp3) is 0.0870. The zero-order chi connectivity index (χ0) is 22.8. The van der Waals surface area contributed by atoms with E-state index in [1.165, 1.54) is 17.8 Å². The Hall–Kier alpha value is -3.92. The molecule has 1 amide bonds. The lowest BCUT2D eigenvalue weighted by Gasteiger charge is -2.11. The first kappa shape index (κ1) is 21.0. The predicted molar refractivity (Wildman–Crippen MR) is 119 cm³/mol. The number of aromatic nitrogens is 3. The van der Waals surface area contributed by atoms with Gasteiger partial charge in [-0.05, 0) is 42.5 Å². The molecule has 0 saturated heterocycles. The second-order valence-electron chi connectivity index (χ2n) is 7.01. The van der Waals surface area contributed by atoms with Gasteiger partial charge in [-0.25, -0.2) is 8.78 Å². The predicted octanol–water partition coefficient (Wildman–Crippen LogP) is 4.67. The Kier molecular flexibility index (Phi) is 5.66. The number of ether oxygens (including phenoxy) is 2. The highest BCUT2D eigenvalue weighted by atomic mass is 32.2. The minimum absolute atomic E-state index is 0.00883. The molecule has 0 fully saturated rings. The second-order valence-corrected chi connectivity index (χ2v) is 7.95. The molecular formula is C23H16F2N4O3S. The van der Waals surface area contributed by atoms with Crippen LogP contribution in [0.1, 0.15) is 0 Å². The van der Waals surface area contributed by atoms with Gasteiger partial charge in [0.05, 0.1) is 5.75 Å². The number of nitrogens with zero attached hydrogens (tertiary/aromatic N) is 3. The third kappa shape index (κ3) is 4.37. The van der Waals surface area contributed by atoms with Crippen LogP contribution in [0.2, 0.25) is 0 Å². The zero-order valence-electron chi connectivity index (χ0n) is 17.0. The number of benzene rings is 3. The SMILES string of the molecule is O=C(CSc1nnc(-c2ccc3c(c2)OCO3)n1-c1ccccc1)Nc1ccc(F)c(F)c1. The Labute approximate surface area is 191 Å². The van der Waals surface area contributed by atoms with Gasteiger partial charge < -0.3 is 14.8 Å².